The molecule has 0 spiro atoms. The lowest BCUT2D eigenvalue weighted by Gasteiger charge is -2.33. The van der Waals surface area contributed by atoms with Crippen LogP contribution >= 0.6 is 11.6 Å². The van der Waals surface area contributed by atoms with E-state index in [2.05, 4.69) is 6.19 Å². The number of hydrogen-bond acceptors (Lipinski definition) is 5. The first kappa shape index (κ1) is 19.6. The van der Waals surface area contributed by atoms with Crippen LogP contribution in [0.4, 0.5) is 0 Å². The molecule has 0 saturated heterocycles. The minimum absolute atomic E-state index is 0.120. The van der Waals surface area contributed by atoms with E-state index < -0.39 is 18.0 Å². The fourth-order valence-corrected chi connectivity index (χ4v) is 3.61. The molecule has 1 fully saturated rings. The van der Waals surface area contributed by atoms with Gasteiger partial charge in [0.2, 0.25) is 0 Å². The standard InChI is InChI=1S/C19H25ClN2O3/c1-2-25-19(24)16(18(23)15-10-6-7-11-17(15)20)12-22(13-21)14-8-4-3-5-9-14/h6-7,10-11,14,16,18,23H,2-5,8-9,12H2,1H3. The second-order valence-corrected chi connectivity index (χ2v) is 6.78. The molecule has 1 aliphatic rings. The van der Waals surface area contributed by atoms with Gasteiger partial charge < -0.3 is 14.7 Å². The summed E-state index contributed by atoms with van der Waals surface area (Å²) in [6.45, 7) is 2.08. The Hall–Kier alpha value is -1.77. The number of carbonyl (C=O) groups excluding carboxylic acids is 1. The number of nitrogens with zero attached hydrogens (tertiary/aromatic N) is 2. The molecule has 2 rings (SSSR count). The smallest absolute Gasteiger partial charge is 0.313 e. The second-order valence-electron chi connectivity index (χ2n) is 6.37. The van der Waals surface area contributed by atoms with Crippen LogP contribution in [0.3, 0.4) is 0 Å². The van der Waals surface area contributed by atoms with Gasteiger partial charge in [0.25, 0.3) is 0 Å². The molecule has 0 radical (unpaired) electrons. The third-order valence-electron chi connectivity index (χ3n) is 4.73. The van der Waals surface area contributed by atoms with Gasteiger partial charge in [-0.05, 0) is 25.8 Å². The number of halogens is 1. The monoisotopic (exact) mass is 364 g/mol. The average molecular weight is 365 g/mol. The summed E-state index contributed by atoms with van der Waals surface area (Å²) in [4.78, 5) is 14.1. The van der Waals surface area contributed by atoms with Crippen molar-refractivity contribution in [3.05, 3.63) is 34.9 Å². The number of ether oxygens (including phenoxy) is 1. The van der Waals surface area contributed by atoms with Gasteiger partial charge in [-0.15, -0.1) is 0 Å². The summed E-state index contributed by atoms with van der Waals surface area (Å²) in [5, 5.41) is 20.7. The molecule has 1 aromatic carbocycles. The molecule has 2 unspecified atom stereocenters. The third-order valence-corrected chi connectivity index (χ3v) is 5.08. The van der Waals surface area contributed by atoms with Crippen LogP contribution in [0.5, 0.6) is 0 Å². The number of benzene rings is 1. The minimum atomic E-state index is -1.12. The predicted molar refractivity (Wildman–Crippen MR) is 95.7 cm³/mol. The van der Waals surface area contributed by atoms with Crippen LogP contribution in [0.2, 0.25) is 5.02 Å². The molecule has 25 heavy (non-hydrogen) atoms. The minimum Gasteiger partial charge on any atom is -0.466 e. The maximum absolute atomic E-state index is 12.4. The molecule has 136 valence electrons. The van der Waals surface area contributed by atoms with Gasteiger partial charge in [-0.25, -0.2) is 0 Å². The van der Waals surface area contributed by atoms with E-state index in [0.29, 0.717) is 10.6 Å². The van der Waals surface area contributed by atoms with Crippen molar-refractivity contribution >= 4 is 17.6 Å². The van der Waals surface area contributed by atoms with Crippen molar-refractivity contribution < 1.29 is 14.6 Å². The first-order valence-corrected chi connectivity index (χ1v) is 9.21. The Bertz CT molecular complexity index is 611. The van der Waals surface area contributed by atoms with Gasteiger partial charge in [0.15, 0.2) is 6.19 Å². The molecular weight excluding hydrogens is 340 g/mol. The van der Waals surface area contributed by atoms with Gasteiger partial charge in [0.05, 0.1) is 12.7 Å². The molecule has 1 aromatic rings. The molecule has 0 aromatic heterocycles. The van der Waals surface area contributed by atoms with E-state index in [1.807, 2.05) is 0 Å². The second kappa shape index (κ2) is 9.65. The summed E-state index contributed by atoms with van der Waals surface area (Å²) in [6.07, 6.45) is 6.30. The first-order chi connectivity index (χ1) is 12.1. The van der Waals surface area contributed by atoms with Crippen molar-refractivity contribution in [1.82, 2.24) is 4.90 Å². The molecule has 0 aliphatic heterocycles. The number of carbonyl (C=O) groups is 1. The lowest BCUT2D eigenvalue weighted by Crippen LogP contribution is -2.41. The van der Waals surface area contributed by atoms with Crippen LogP contribution in [0.1, 0.15) is 50.7 Å². The van der Waals surface area contributed by atoms with Crippen molar-refractivity contribution in [2.45, 2.75) is 51.2 Å². The molecule has 1 aliphatic carbocycles. The van der Waals surface area contributed by atoms with Crippen LogP contribution < -0.4 is 0 Å². The highest BCUT2D eigenvalue weighted by atomic mass is 35.5. The Morgan fingerprint density at radius 1 is 1.40 bits per heavy atom. The quantitative estimate of drug-likeness (QED) is 0.454. The van der Waals surface area contributed by atoms with Crippen LogP contribution in [-0.4, -0.2) is 35.2 Å². The van der Waals surface area contributed by atoms with Crippen LogP contribution in [-0.2, 0) is 9.53 Å². The molecule has 2 atom stereocenters. The summed E-state index contributed by atoms with van der Waals surface area (Å²) < 4.78 is 5.14. The Morgan fingerprint density at radius 2 is 2.08 bits per heavy atom. The van der Waals surface area contributed by atoms with Gasteiger partial charge in [0.1, 0.15) is 5.92 Å². The molecule has 5 nitrogen and oxygen atoms in total. The average Bonchev–Trinajstić information content (AvgIpc) is 2.63. The van der Waals surface area contributed by atoms with E-state index >= 15 is 0 Å². The molecule has 6 heteroatoms. The third kappa shape index (κ3) is 5.10. The molecule has 0 amide bonds. The number of aliphatic hydroxyl groups excluding tert-OH is 1. The van der Waals surface area contributed by atoms with Crippen molar-refractivity contribution in [3.63, 3.8) is 0 Å². The molecule has 1 N–H and O–H groups in total. The van der Waals surface area contributed by atoms with Gasteiger partial charge in [-0.1, -0.05) is 49.1 Å². The first-order valence-electron chi connectivity index (χ1n) is 8.84. The Balaban J connectivity index is 2.21. The highest BCUT2D eigenvalue weighted by Gasteiger charge is 2.34. The maximum atomic E-state index is 12.4. The predicted octanol–water partition coefficient (Wildman–Crippen LogP) is 3.67. The highest BCUT2D eigenvalue weighted by molar-refractivity contribution is 6.31. The summed E-state index contributed by atoms with van der Waals surface area (Å²) in [5.74, 6) is -1.37. The summed E-state index contributed by atoms with van der Waals surface area (Å²) >= 11 is 6.17. The Labute approximate surface area is 154 Å². The van der Waals surface area contributed by atoms with E-state index in [1.165, 1.54) is 6.42 Å². The lowest BCUT2D eigenvalue weighted by atomic mass is 9.91. The Morgan fingerprint density at radius 3 is 2.68 bits per heavy atom. The number of nitriles is 1. The Kier molecular flexibility index (Phi) is 7.54. The van der Waals surface area contributed by atoms with Crippen LogP contribution in [0.25, 0.3) is 0 Å². The van der Waals surface area contributed by atoms with Gasteiger partial charge in [-0.2, -0.15) is 5.26 Å². The number of esters is 1. The van der Waals surface area contributed by atoms with Crippen LogP contribution in [0, 0.1) is 17.4 Å². The van der Waals surface area contributed by atoms with Gasteiger partial charge in [-0.3, -0.25) is 4.79 Å². The molecular formula is C19H25ClN2O3. The van der Waals surface area contributed by atoms with E-state index in [9.17, 15) is 15.2 Å². The normalized spacial score (nSPS) is 17.4. The number of rotatable bonds is 7. The zero-order valence-corrected chi connectivity index (χ0v) is 15.3. The molecule has 1 saturated carbocycles. The van der Waals surface area contributed by atoms with E-state index in [-0.39, 0.29) is 19.2 Å². The van der Waals surface area contributed by atoms with Gasteiger partial charge in [0, 0.05) is 23.2 Å². The van der Waals surface area contributed by atoms with Gasteiger partial charge >= 0.3 is 5.97 Å². The number of hydrogen-bond donors (Lipinski definition) is 1. The summed E-state index contributed by atoms with van der Waals surface area (Å²) in [6, 6.07) is 7.01. The topological polar surface area (TPSA) is 73.6 Å². The number of aliphatic hydroxyl groups is 1. The van der Waals surface area contributed by atoms with Crippen molar-refractivity contribution in [2.75, 3.05) is 13.2 Å². The van der Waals surface area contributed by atoms with E-state index in [4.69, 9.17) is 16.3 Å². The fraction of sp³-hybridized carbons (Fsp3) is 0.579. The fourth-order valence-electron chi connectivity index (χ4n) is 3.36. The highest BCUT2D eigenvalue weighted by Crippen LogP contribution is 2.31. The van der Waals surface area contributed by atoms with Crippen LogP contribution in [0.15, 0.2) is 24.3 Å². The SMILES string of the molecule is CCOC(=O)C(CN(C#N)C1CCCCC1)C(O)c1ccccc1Cl. The van der Waals surface area contributed by atoms with Crippen molar-refractivity contribution in [3.8, 4) is 6.19 Å². The zero-order chi connectivity index (χ0) is 18.2. The van der Waals surface area contributed by atoms with E-state index in [1.54, 1.807) is 36.1 Å². The molecule has 0 bridgehead atoms. The van der Waals surface area contributed by atoms with Crippen molar-refractivity contribution in [1.29, 1.82) is 5.26 Å². The lowest BCUT2D eigenvalue weighted by molar-refractivity contribution is -0.153. The maximum Gasteiger partial charge on any atom is 0.313 e. The largest absolute Gasteiger partial charge is 0.466 e. The molecule has 0 heterocycles. The summed E-state index contributed by atoms with van der Waals surface area (Å²) in [7, 11) is 0. The van der Waals surface area contributed by atoms with E-state index in [0.717, 1.165) is 25.7 Å². The summed E-state index contributed by atoms with van der Waals surface area (Å²) in [5.41, 5.74) is 0.476. The zero-order valence-electron chi connectivity index (χ0n) is 14.5. The van der Waals surface area contributed by atoms with Crippen molar-refractivity contribution in [2.24, 2.45) is 5.92 Å².